The molecule has 1 aromatic rings. The van der Waals surface area contributed by atoms with Crippen LogP contribution in [0.2, 0.25) is 5.04 Å². The van der Waals surface area contributed by atoms with Crippen molar-refractivity contribution in [2.24, 2.45) is 5.92 Å². The highest BCUT2D eigenvalue weighted by Crippen LogP contribution is 2.32. The lowest BCUT2D eigenvalue weighted by Gasteiger charge is -2.27. The molecule has 0 N–H and O–H groups in total. The van der Waals surface area contributed by atoms with Gasteiger partial charge in [0.1, 0.15) is 6.29 Å². The average molecular weight is 262 g/mol. The van der Waals surface area contributed by atoms with Crippen LogP contribution in [0.5, 0.6) is 0 Å². The van der Waals surface area contributed by atoms with E-state index in [1.165, 1.54) is 0 Å². The van der Waals surface area contributed by atoms with Crippen LogP contribution < -0.4 is 0 Å². The Bertz CT molecular complexity index is 386. The minimum atomic E-state index is 0.226. The van der Waals surface area contributed by atoms with Crippen LogP contribution in [0.15, 0.2) is 24.3 Å². The largest absolute Gasteiger partial charge is 0.417 e. The predicted octanol–water partition coefficient (Wildman–Crippen LogP) is 3.53. The summed E-state index contributed by atoms with van der Waals surface area (Å²) in [6.45, 7) is 9.58. The summed E-state index contributed by atoms with van der Waals surface area (Å²) in [6.07, 6.45) is 1.71. The molecule has 3 heteroatoms. The number of carbonyl (C=O) groups is 1. The van der Waals surface area contributed by atoms with Gasteiger partial charge in [0.15, 0.2) is 0 Å². The van der Waals surface area contributed by atoms with Crippen molar-refractivity contribution >= 4 is 16.0 Å². The second kappa shape index (κ2) is 6.85. The van der Waals surface area contributed by atoms with E-state index in [2.05, 4.69) is 27.7 Å². The van der Waals surface area contributed by atoms with Gasteiger partial charge in [0, 0.05) is 12.2 Å². The van der Waals surface area contributed by atoms with Crippen molar-refractivity contribution < 1.29 is 9.22 Å². The highest BCUT2D eigenvalue weighted by atomic mass is 28.2. The molecule has 0 heterocycles. The monoisotopic (exact) mass is 262 g/mol. The third-order valence-corrected chi connectivity index (χ3v) is 4.89. The summed E-state index contributed by atoms with van der Waals surface area (Å²) in [4.78, 5) is 10.9. The van der Waals surface area contributed by atoms with E-state index in [0.29, 0.717) is 22.3 Å². The molecule has 0 amide bonds. The standard InChI is InChI=1S/C15H22O2Si/c1-12(2)15(3,4)18-17-10-9-13-7-5-6-8-14(13)11-16/h5-8,11-12H,9-10H2,1-4H3. The summed E-state index contributed by atoms with van der Waals surface area (Å²) in [6, 6.07) is 7.69. The number of benzene rings is 1. The molecule has 0 spiro atoms. The summed E-state index contributed by atoms with van der Waals surface area (Å²) in [7, 11) is 0.500. The van der Waals surface area contributed by atoms with E-state index in [0.717, 1.165) is 23.8 Å². The zero-order valence-electron chi connectivity index (χ0n) is 11.7. The van der Waals surface area contributed by atoms with E-state index in [1.807, 2.05) is 24.3 Å². The number of hydrogen-bond donors (Lipinski definition) is 0. The van der Waals surface area contributed by atoms with Gasteiger partial charge >= 0.3 is 0 Å². The topological polar surface area (TPSA) is 26.3 Å². The van der Waals surface area contributed by atoms with Crippen LogP contribution in [-0.2, 0) is 10.8 Å². The molecule has 0 unspecified atom stereocenters. The first kappa shape index (κ1) is 15.1. The second-order valence-electron chi connectivity index (χ2n) is 5.39. The van der Waals surface area contributed by atoms with E-state index < -0.39 is 0 Å². The van der Waals surface area contributed by atoms with Gasteiger partial charge in [-0.2, -0.15) is 0 Å². The summed E-state index contributed by atoms with van der Waals surface area (Å²) < 4.78 is 5.78. The van der Waals surface area contributed by atoms with E-state index >= 15 is 0 Å². The molecule has 0 saturated carbocycles. The second-order valence-corrected chi connectivity index (χ2v) is 7.18. The lowest BCUT2D eigenvalue weighted by atomic mass is 9.99. The van der Waals surface area contributed by atoms with Crippen molar-refractivity contribution in [2.45, 2.75) is 39.2 Å². The van der Waals surface area contributed by atoms with Gasteiger partial charge in [-0.15, -0.1) is 0 Å². The molecule has 1 aromatic carbocycles. The third kappa shape index (κ3) is 4.39. The molecule has 2 radical (unpaired) electrons. The number of rotatable bonds is 7. The van der Waals surface area contributed by atoms with Gasteiger partial charge < -0.3 is 4.43 Å². The maximum atomic E-state index is 10.9. The molecule has 98 valence electrons. The van der Waals surface area contributed by atoms with Crippen molar-refractivity contribution in [3.63, 3.8) is 0 Å². The average Bonchev–Trinajstić information content (AvgIpc) is 2.35. The third-order valence-electron chi connectivity index (χ3n) is 3.43. The maximum absolute atomic E-state index is 10.9. The Kier molecular flexibility index (Phi) is 5.76. The first-order valence-electron chi connectivity index (χ1n) is 6.39. The highest BCUT2D eigenvalue weighted by Gasteiger charge is 2.24. The van der Waals surface area contributed by atoms with Gasteiger partial charge in [-0.3, -0.25) is 4.79 Å². The summed E-state index contributed by atoms with van der Waals surface area (Å²) in [5.41, 5.74) is 1.84. The molecule has 0 aromatic heterocycles. The Labute approximate surface area is 113 Å². The van der Waals surface area contributed by atoms with Crippen molar-refractivity contribution in [1.29, 1.82) is 0 Å². The number of aldehydes is 1. The smallest absolute Gasteiger partial charge is 0.236 e. The molecular weight excluding hydrogens is 240 g/mol. The Balaban J connectivity index is 2.41. The molecule has 0 aliphatic heterocycles. The van der Waals surface area contributed by atoms with Crippen LogP contribution in [0.4, 0.5) is 0 Å². The van der Waals surface area contributed by atoms with Crippen molar-refractivity contribution in [3.8, 4) is 0 Å². The molecule has 0 atom stereocenters. The first-order valence-corrected chi connectivity index (χ1v) is 7.30. The molecular formula is C15H22O2Si. The van der Waals surface area contributed by atoms with Gasteiger partial charge in [-0.05, 0) is 22.9 Å². The maximum Gasteiger partial charge on any atom is 0.236 e. The number of carbonyl (C=O) groups excluding carboxylic acids is 1. The predicted molar refractivity (Wildman–Crippen MR) is 76.1 cm³/mol. The van der Waals surface area contributed by atoms with E-state index in [1.54, 1.807) is 0 Å². The lowest BCUT2D eigenvalue weighted by molar-refractivity contribution is 0.112. The fourth-order valence-electron chi connectivity index (χ4n) is 1.39. The molecule has 0 saturated heterocycles. The zero-order valence-corrected chi connectivity index (χ0v) is 12.7. The Morgan fingerprint density at radius 1 is 1.33 bits per heavy atom. The van der Waals surface area contributed by atoms with Gasteiger partial charge in [-0.1, -0.05) is 52.0 Å². The Morgan fingerprint density at radius 3 is 2.61 bits per heavy atom. The molecule has 0 aliphatic rings. The summed E-state index contributed by atoms with van der Waals surface area (Å²) in [5, 5.41) is 0.226. The quantitative estimate of drug-likeness (QED) is 0.427. The summed E-state index contributed by atoms with van der Waals surface area (Å²) in [5.74, 6) is 0.609. The van der Waals surface area contributed by atoms with Gasteiger partial charge in [0.2, 0.25) is 9.76 Å². The molecule has 2 nitrogen and oxygen atoms in total. The minimum absolute atomic E-state index is 0.226. The van der Waals surface area contributed by atoms with Crippen molar-refractivity contribution in [3.05, 3.63) is 35.4 Å². The van der Waals surface area contributed by atoms with Crippen molar-refractivity contribution in [2.75, 3.05) is 6.61 Å². The van der Waals surface area contributed by atoms with Crippen LogP contribution >= 0.6 is 0 Å². The van der Waals surface area contributed by atoms with Crippen LogP contribution in [0.3, 0.4) is 0 Å². The van der Waals surface area contributed by atoms with Gasteiger partial charge in [0.05, 0.1) is 0 Å². The van der Waals surface area contributed by atoms with Crippen LogP contribution in [-0.4, -0.2) is 22.7 Å². The lowest BCUT2D eigenvalue weighted by Crippen LogP contribution is -2.22. The van der Waals surface area contributed by atoms with Crippen LogP contribution in [0, 0.1) is 5.92 Å². The SMILES string of the molecule is CC(C)C(C)(C)[Si]OCCc1ccccc1C=O. The zero-order chi connectivity index (χ0) is 13.6. The van der Waals surface area contributed by atoms with Crippen LogP contribution in [0.1, 0.15) is 43.6 Å². The van der Waals surface area contributed by atoms with Crippen molar-refractivity contribution in [1.82, 2.24) is 0 Å². The molecule has 18 heavy (non-hydrogen) atoms. The van der Waals surface area contributed by atoms with Gasteiger partial charge in [0.25, 0.3) is 0 Å². The molecule has 0 bridgehead atoms. The fraction of sp³-hybridized carbons (Fsp3) is 0.533. The Morgan fingerprint density at radius 2 is 2.00 bits per heavy atom. The normalized spacial score (nSPS) is 11.8. The van der Waals surface area contributed by atoms with E-state index in [4.69, 9.17) is 4.43 Å². The molecule has 0 fully saturated rings. The fourth-order valence-corrected chi connectivity index (χ4v) is 2.20. The van der Waals surface area contributed by atoms with Crippen LogP contribution in [0.25, 0.3) is 0 Å². The first-order chi connectivity index (χ1) is 8.47. The van der Waals surface area contributed by atoms with Gasteiger partial charge in [-0.25, -0.2) is 0 Å². The summed E-state index contributed by atoms with van der Waals surface area (Å²) >= 11 is 0. The van der Waals surface area contributed by atoms with E-state index in [-0.39, 0.29) is 5.04 Å². The number of hydrogen-bond acceptors (Lipinski definition) is 2. The molecule has 0 aliphatic carbocycles. The van der Waals surface area contributed by atoms with E-state index in [9.17, 15) is 4.79 Å². The minimum Gasteiger partial charge on any atom is -0.417 e. The highest BCUT2D eigenvalue weighted by molar-refractivity contribution is 6.32. The Hall–Kier alpha value is -0.933. The molecule has 1 rings (SSSR count).